The summed E-state index contributed by atoms with van der Waals surface area (Å²) in [5.74, 6) is -3.00. The fourth-order valence-electron chi connectivity index (χ4n) is 2.62. The number of carboxylic acid groups (broad SMARTS) is 1. The first kappa shape index (κ1) is 15.5. The van der Waals surface area contributed by atoms with Crippen LogP contribution in [0.25, 0.3) is 0 Å². The van der Waals surface area contributed by atoms with Crippen molar-refractivity contribution in [1.82, 2.24) is 0 Å². The van der Waals surface area contributed by atoms with Gasteiger partial charge in [-0.2, -0.15) is 0 Å². The molecule has 114 valence electrons. The number of carbonyl (C=O) groups is 3. The average Bonchev–Trinajstić information content (AvgIpc) is 2.94. The number of aliphatic carboxylic acids is 1. The molecule has 1 aromatic heterocycles. The summed E-state index contributed by atoms with van der Waals surface area (Å²) >= 11 is 1.17. The molecule has 0 spiro atoms. The number of esters is 1. The van der Waals surface area contributed by atoms with Crippen LogP contribution in [0, 0.1) is 11.8 Å². The zero-order chi connectivity index (χ0) is 15.4. The van der Waals surface area contributed by atoms with Crippen LogP contribution in [-0.2, 0) is 14.3 Å². The molecule has 1 aromatic rings. The molecule has 1 saturated carbocycles. The number of amides is 1. The summed E-state index contributed by atoms with van der Waals surface area (Å²) in [7, 11) is 1.27. The average molecular weight is 311 g/mol. The maximum absolute atomic E-state index is 12.3. The molecule has 0 aromatic carbocycles. The third-order valence-electron chi connectivity index (χ3n) is 3.71. The molecule has 7 heteroatoms. The Balaban J connectivity index is 2.12. The quantitative estimate of drug-likeness (QED) is 0.833. The molecule has 0 saturated heterocycles. The highest BCUT2D eigenvalue weighted by Gasteiger charge is 2.36. The number of thiophene rings is 1. The zero-order valence-electron chi connectivity index (χ0n) is 11.6. The molecule has 2 N–H and O–H groups in total. The molecule has 1 aliphatic rings. The van der Waals surface area contributed by atoms with Gasteiger partial charge in [0.15, 0.2) is 0 Å². The van der Waals surface area contributed by atoms with Gasteiger partial charge in [-0.25, -0.2) is 4.79 Å². The summed E-state index contributed by atoms with van der Waals surface area (Å²) in [6.07, 6.45) is 2.74. The van der Waals surface area contributed by atoms with E-state index in [0.717, 1.165) is 12.8 Å². The van der Waals surface area contributed by atoms with Gasteiger partial charge < -0.3 is 15.2 Å². The Bertz CT molecular complexity index is 553. The Morgan fingerprint density at radius 2 is 1.95 bits per heavy atom. The van der Waals surface area contributed by atoms with Crippen LogP contribution in [0.4, 0.5) is 5.69 Å². The number of rotatable bonds is 4. The second-order valence-corrected chi connectivity index (χ2v) is 5.90. The van der Waals surface area contributed by atoms with Crippen molar-refractivity contribution in [3.05, 3.63) is 16.3 Å². The van der Waals surface area contributed by atoms with Gasteiger partial charge in [-0.05, 0) is 24.3 Å². The monoisotopic (exact) mass is 311 g/mol. The second-order valence-electron chi connectivity index (χ2n) is 4.98. The van der Waals surface area contributed by atoms with Gasteiger partial charge in [0, 0.05) is 0 Å². The van der Waals surface area contributed by atoms with Gasteiger partial charge in [-0.3, -0.25) is 9.59 Å². The maximum Gasteiger partial charge on any atom is 0.350 e. The summed E-state index contributed by atoms with van der Waals surface area (Å²) in [5.41, 5.74) is 0.381. The second kappa shape index (κ2) is 6.71. The zero-order valence-corrected chi connectivity index (χ0v) is 12.4. The molecule has 0 aliphatic heterocycles. The highest BCUT2D eigenvalue weighted by atomic mass is 32.1. The molecule has 0 radical (unpaired) electrons. The Morgan fingerprint density at radius 1 is 1.29 bits per heavy atom. The molecule has 6 nitrogen and oxygen atoms in total. The van der Waals surface area contributed by atoms with Crippen LogP contribution in [0.2, 0.25) is 0 Å². The van der Waals surface area contributed by atoms with Gasteiger partial charge in [0.25, 0.3) is 0 Å². The third kappa shape index (κ3) is 3.41. The number of hydrogen-bond donors (Lipinski definition) is 2. The van der Waals surface area contributed by atoms with Crippen molar-refractivity contribution in [3.63, 3.8) is 0 Å². The van der Waals surface area contributed by atoms with Crippen molar-refractivity contribution in [2.24, 2.45) is 11.8 Å². The molecule has 0 bridgehead atoms. The Hall–Kier alpha value is -1.89. The van der Waals surface area contributed by atoms with Crippen molar-refractivity contribution in [1.29, 1.82) is 0 Å². The lowest BCUT2D eigenvalue weighted by Crippen LogP contribution is -2.36. The standard InChI is InChI=1S/C14H17NO5S/c1-20-14(19)11-10(6-7-21-11)15-12(16)8-4-2-3-5-9(8)13(17)18/h6-9H,2-5H2,1H3,(H,15,16)(H,17,18)/t8-,9+/m1/s1. The van der Waals surface area contributed by atoms with Crippen LogP contribution < -0.4 is 5.32 Å². The minimum absolute atomic E-state index is 0.313. The van der Waals surface area contributed by atoms with Crippen LogP contribution in [0.15, 0.2) is 11.4 Å². The minimum atomic E-state index is -0.937. The normalized spacial score (nSPS) is 21.6. The van der Waals surface area contributed by atoms with Crippen LogP contribution in [0.1, 0.15) is 35.4 Å². The molecule has 0 unspecified atom stereocenters. The molecule has 1 aliphatic carbocycles. The first-order chi connectivity index (χ1) is 10.0. The molecule has 1 fully saturated rings. The van der Waals surface area contributed by atoms with Gasteiger partial charge in [0.2, 0.25) is 5.91 Å². The Labute approximate surface area is 126 Å². The number of carbonyl (C=O) groups excluding carboxylic acids is 2. The highest BCUT2D eigenvalue weighted by molar-refractivity contribution is 7.12. The molecular weight excluding hydrogens is 294 g/mol. The Kier molecular flexibility index (Phi) is 4.95. The third-order valence-corrected chi connectivity index (χ3v) is 4.61. The van der Waals surface area contributed by atoms with E-state index in [4.69, 9.17) is 0 Å². The predicted molar refractivity (Wildman–Crippen MR) is 77.4 cm³/mol. The minimum Gasteiger partial charge on any atom is -0.481 e. The SMILES string of the molecule is COC(=O)c1sccc1NC(=O)[C@@H]1CCCC[C@@H]1C(=O)O. The molecular formula is C14H17NO5S. The lowest BCUT2D eigenvalue weighted by molar-refractivity contribution is -0.147. The number of hydrogen-bond acceptors (Lipinski definition) is 5. The molecule has 2 rings (SSSR count). The largest absolute Gasteiger partial charge is 0.481 e. The Morgan fingerprint density at radius 3 is 2.57 bits per heavy atom. The van der Waals surface area contributed by atoms with E-state index in [1.807, 2.05) is 0 Å². The van der Waals surface area contributed by atoms with Gasteiger partial charge in [-0.1, -0.05) is 12.8 Å². The van der Waals surface area contributed by atoms with Gasteiger partial charge in [0.05, 0.1) is 24.6 Å². The topological polar surface area (TPSA) is 92.7 Å². The molecule has 1 heterocycles. The van der Waals surface area contributed by atoms with E-state index in [1.54, 1.807) is 11.4 Å². The summed E-state index contributed by atoms with van der Waals surface area (Å²) in [6.45, 7) is 0. The van der Waals surface area contributed by atoms with Crippen LogP contribution in [0.3, 0.4) is 0 Å². The first-order valence-corrected chi connectivity index (χ1v) is 7.62. The predicted octanol–water partition coefficient (Wildman–Crippen LogP) is 2.36. The number of ether oxygens (including phenoxy) is 1. The van der Waals surface area contributed by atoms with E-state index in [-0.39, 0.29) is 5.91 Å². The van der Waals surface area contributed by atoms with Gasteiger partial charge >= 0.3 is 11.9 Å². The van der Waals surface area contributed by atoms with E-state index in [0.29, 0.717) is 23.4 Å². The van der Waals surface area contributed by atoms with E-state index in [9.17, 15) is 19.5 Å². The summed E-state index contributed by atoms with van der Waals surface area (Å²) in [4.78, 5) is 35.4. The lowest BCUT2D eigenvalue weighted by Gasteiger charge is -2.27. The fourth-order valence-corrected chi connectivity index (χ4v) is 3.39. The van der Waals surface area contributed by atoms with E-state index in [2.05, 4.69) is 10.1 Å². The fraction of sp³-hybridized carbons (Fsp3) is 0.500. The van der Waals surface area contributed by atoms with Crippen LogP contribution >= 0.6 is 11.3 Å². The maximum atomic E-state index is 12.3. The molecule has 1 amide bonds. The highest BCUT2D eigenvalue weighted by Crippen LogP contribution is 2.32. The summed E-state index contributed by atoms with van der Waals surface area (Å²) < 4.78 is 4.65. The van der Waals surface area contributed by atoms with Crippen molar-refractivity contribution >= 4 is 34.9 Å². The van der Waals surface area contributed by atoms with E-state index >= 15 is 0 Å². The molecule has 21 heavy (non-hydrogen) atoms. The van der Waals surface area contributed by atoms with E-state index < -0.39 is 23.8 Å². The number of nitrogens with one attached hydrogen (secondary N) is 1. The molecule has 2 atom stereocenters. The number of methoxy groups -OCH3 is 1. The number of carboxylic acids is 1. The van der Waals surface area contributed by atoms with Gasteiger partial charge in [0.1, 0.15) is 4.88 Å². The summed E-state index contributed by atoms with van der Waals surface area (Å²) in [6, 6.07) is 1.62. The van der Waals surface area contributed by atoms with Crippen molar-refractivity contribution in [2.45, 2.75) is 25.7 Å². The van der Waals surface area contributed by atoms with Gasteiger partial charge in [-0.15, -0.1) is 11.3 Å². The van der Waals surface area contributed by atoms with Crippen LogP contribution in [-0.4, -0.2) is 30.1 Å². The van der Waals surface area contributed by atoms with Crippen LogP contribution in [0.5, 0.6) is 0 Å². The van der Waals surface area contributed by atoms with Crippen molar-refractivity contribution in [2.75, 3.05) is 12.4 Å². The summed E-state index contributed by atoms with van der Waals surface area (Å²) in [5, 5.41) is 13.6. The van der Waals surface area contributed by atoms with Crippen molar-refractivity contribution in [3.8, 4) is 0 Å². The van der Waals surface area contributed by atoms with E-state index in [1.165, 1.54) is 18.4 Å². The number of anilines is 1. The smallest absolute Gasteiger partial charge is 0.350 e. The lowest BCUT2D eigenvalue weighted by atomic mass is 9.78. The first-order valence-electron chi connectivity index (χ1n) is 6.74. The van der Waals surface area contributed by atoms with Crippen molar-refractivity contribution < 1.29 is 24.2 Å².